The molecule has 6 nitrogen and oxygen atoms in total. The van der Waals surface area contributed by atoms with Gasteiger partial charge in [-0.15, -0.1) is 0 Å². The van der Waals surface area contributed by atoms with Crippen LogP contribution in [-0.4, -0.2) is 29.3 Å². The minimum Gasteiger partial charge on any atom is -0.497 e. The van der Waals surface area contributed by atoms with Gasteiger partial charge in [0, 0.05) is 12.6 Å². The second-order valence-electron chi connectivity index (χ2n) is 5.45. The minimum atomic E-state index is -0.284. The summed E-state index contributed by atoms with van der Waals surface area (Å²) in [7, 11) is 1.62. The molecule has 0 atom stereocenters. The number of nitrogens with zero attached hydrogens (tertiary/aromatic N) is 2. The minimum absolute atomic E-state index is 0.0884. The van der Waals surface area contributed by atoms with Gasteiger partial charge in [-0.3, -0.25) is 9.59 Å². The maximum Gasteiger partial charge on any atom is 0.271 e. The van der Waals surface area contributed by atoms with Crippen LogP contribution in [0.1, 0.15) is 35.9 Å². The van der Waals surface area contributed by atoms with E-state index in [0.717, 1.165) is 11.3 Å². The monoisotopic (exact) mass is 315 g/mol. The van der Waals surface area contributed by atoms with Crippen molar-refractivity contribution in [3.8, 4) is 5.75 Å². The van der Waals surface area contributed by atoms with Crippen LogP contribution in [0.15, 0.2) is 41.2 Å². The zero-order chi connectivity index (χ0) is 16.8. The Kier molecular flexibility index (Phi) is 5.51. The second kappa shape index (κ2) is 7.58. The topological polar surface area (TPSA) is 73.2 Å². The second-order valence-corrected chi connectivity index (χ2v) is 5.45. The van der Waals surface area contributed by atoms with Crippen molar-refractivity contribution >= 4 is 5.91 Å². The number of hydrogen-bond donors (Lipinski definition) is 1. The van der Waals surface area contributed by atoms with Gasteiger partial charge in [0.1, 0.15) is 11.4 Å². The van der Waals surface area contributed by atoms with Gasteiger partial charge in [0.2, 0.25) is 0 Å². The molecule has 2 aromatic rings. The number of benzene rings is 1. The van der Waals surface area contributed by atoms with Crippen LogP contribution in [0, 0.1) is 0 Å². The van der Waals surface area contributed by atoms with Crippen LogP contribution in [-0.2, 0) is 6.42 Å². The number of aromatic nitrogens is 2. The summed E-state index contributed by atoms with van der Waals surface area (Å²) in [5, 5.41) is 6.91. The normalized spacial score (nSPS) is 10.6. The van der Waals surface area contributed by atoms with Gasteiger partial charge in [-0.05, 0) is 44.0 Å². The molecular weight excluding hydrogens is 294 g/mol. The van der Waals surface area contributed by atoms with E-state index in [0.29, 0.717) is 13.0 Å². The quantitative estimate of drug-likeness (QED) is 0.882. The number of nitrogens with one attached hydrogen (secondary N) is 1. The number of ether oxygens (including phenoxy) is 1. The Morgan fingerprint density at radius 3 is 2.52 bits per heavy atom. The molecule has 0 spiro atoms. The average molecular weight is 315 g/mol. The van der Waals surface area contributed by atoms with Gasteiger partial charge >= 0.3 is 0 Å². The molecule has 1 aromatic heterocycles. The Bertz CT molecular complexity index is 721. The molecule has 122 valence electrons. The molecule has 0 aliphatic rings. The van der Waals surface area contributed by atoms with Gasteiger partial charge in [-0.25, -0.2) is 4.68 Å². The molecule has 0 saturated heterocycles. The van der Waals surface area contributed by atoms with Crippen LogP contribution in [0.3, 0.4) is 0 Å². The van der Waals surface area contributed by atoms with Crippen molar-refractivity contribution in [1.29, 1.82) is 0 Å². The molecule has 0 bridgehead atoms. The summed E-state index contributed by atoms with van der Waals surface area (Å²) in [5.74, 6) is 0.519. The lowest BCUT2D eigenvalue weighted by Crippen LogP contribution is -2.31. The van der Waals surface area contributed by atoms with Crippen LogP contribution in [0.5, 0.6) is 5.75 Å². The number of carbonyl (C=O) groups is 1. The Labute approximate surface area is 135 Å². The maximum absolute atomic E-state index is 12.1. The first kappa shape index (κ1) is 16.7. The van der Waals surface area contributed by atoms with E-state index in [4.69, 9.17) is 4.74 Å². The molecular formula is C17H21N3O3. The van der Waals surface area contributed by atoms with E-state index in [9.17, 15) is 9.59 Å². The van der Waals surface area contributed by atoms with Crippen molar-refractivity contribution in [3.63, 3.8) is 0 Å². The van der Waals surface area contributed by atoms with Gasteiger partial charge in [-0.2, -0.15) is 5.10 Å². The molecule has 1 heterocycles. The molecule has 0 unspecified atom stereocenters. The fraction of sp³-hybridized carbons (Fsp3) is 0.353. The molecule has 1 aromatic carbocycles. The summed E-state index contributed by atoms with van der Waals surface area (Å²) < 4.78 is 6.41. The third-order valence-electron chi connectivity index (χ3n) is 3.41. The SMILES string of the molecule is COc1ccc(CCNC(=O)c2ccc(=O)n(C(C)C)n2)cc1. The first-order chi connectivity index (χ1) is 11.0. The van der Waals surface area contributed by atoms with Gasteiger partial charge in [0.15, 0.2) is 0 Å². The number of carbonyl (C=O) groups excluding carboxylic acids is 1. The van der Waals surface area contributed by atoms with Gasteiger partial charge < -0.3 is 10.1 Å². The van der Waals surface area contributed by atoms with Gasteiger partial charge in [0.25, 0.3) is 11.5 Å². The summed E-state index contributed by atoms with van der Waals surface area (Å²) in [6, 6.07) is 10.4. The molecule has 0 aliphatic heterocycles. The molecule has 23 heavy (non-hydrogen) atoms. The molecule has 0 radical (unpaired) electrons. The fourth-order valence-corrected chi connectivity index (χ4v) is 2.12. The van der Waals surface area contributed by atoms with Crippen LogP contribution >= 0.6 is 0 Å². The van der Waals surface area contributed by atoms with E-state index in [-0.39, 0.29) is 23.2 Å². The fourth-order valence-electron chi connectivity index (χ4n) is 2.12. The highest BCUT2D eigenvalue weighted by Crippen LogP contribution is 2.11. The maximum atomic E-state index is 12.1. The van der Waals surface area contributed by atoms with Gasteiger partial charge in [0.05, 0.1) is 13.2 Å². The van der Waals surface area contributed by atoms with E-state index >= 15 is 0 Å². The molecule has 2 rings (SSSR count). The van der Waals surface area contributed by atoms with Crippen LogP contribution < -0.4 is 15.6 Å². The molecule has 1 amide bonds. The van der Waals surface area contributed by atoms with E-state index in [1.54, 1.807) is 7.11 Å². The average Bonchev–Trinajstić information content (AvgIpc) is 2.55. The number of rotatable bonds is 6. The van der Waals surface area contributed by atoms with E-state index < -0.39 is 0 Å². The first-order valence-electron chi connectivity index (χ1n) is 7.52. The highest BCUT2D eigenvalue weighted by molar-refractivity contribution is 5.91. The van der Waals surface area contributed by atoms with Crippen molar-refractivity contribution < 1.29 is 9.53 Å². The van der Waals surface area contributed by atoms with Crippen LogP contribution in [0.2, 0.25) is 0 Å². The van der Waals surface area contributed by atoms with E-state index in [1.165, 1.54) is 16.8 Å². The number of hydrogen-bond acceptors (Lipinski definition) is 4. The Hall–Kier alpha value is -2.63. The predicted molar refractivity (Wildman–Crippen MR) is 87.9 cm³/mol. The van der Waals surface area contributed by atoms with Crippen molar-refractivity contribution in [2.45, 2.75) is 26.3 Å². The lowest BCUT2D eigenvalue weighted by atomic mass is 10.1. The third kappa shape index (κ3) is 4.42. The Balaban J connectivity index is 1.94. The molecule has 0 aliphatic carbocycles. The zero-order valence-electron chi connectivity index (χ0n) is 13.6. The summed E-state index contributed by atoms with van der Waals surface area (Å²) in [6.45, 7) is 4.19. The van der Waals surface area contributed by atoms with E-state index in [1.807, 2.05) is 38.1 Å². The third-order valence-corrected chi connectivity index (χ3v) is 3.41. The highest BCUT2D eigenvalue weighted by atomic mass is 16.5. The Morgan fingerprint density at radius 1 is 1.22 bits per heavy atom. The first-order valence-corrected chi connectivity index (χ1v) is 7.52. The molecule has 0 saturated carbocycles. The highest BCUT2D eigenvalue weighted by Gasteiger charge is 2.10. The predicted octanol–water partition coefficient (Wildman–Crippen LogP) is 1.81. The van der Waals surface area contributed by atoms with Crippen LogP contribution in [0.4, 0.5) is 0 Å². The van der Waals surface area contributed by atoms with Crippen LogP contribution in [0.25, 0.3) is 0 Å². The number of amides is 1. The van der Waals surface area contributed by atoms with Crippen molar-refractivity contribution in [2.75, 3.05) is 13.7 Å². The Morgan fingerprint density at radius 2 is 1.91 bits per heavy atom. The summed E-state index contributed by atoms with van der Waals surface area (Å²) >= 11 is 0. The van der Waals surface area contributed by atoms with Crippen molar-refractivity contribution in [3.05, 3.63) is 58.0 Å². The van der Waals surface area contributed by atoms with E-state index in [2.05, 4.69) is 10.4 Å². The number of methoxy groups -OCH3 is 1. The zero-order valence-corrected chi connectivity index (χ0v) is 13.6. The smallest absolute Gasteiger partial charge is 0.271 e. The lowest BCUT2D eigenvalue weighted by molar-refractivity contribution is 0.0946. The largest absolute Gasteiger partial charge is 0.497 e. The standard InChI is InChI=1S/C17H21N3O3/c1-12(2)20-16(21)9-8-15(19-20)17(22)18-11-10-13-4-6-14(23-3)7-5-13/h4-9,12H,10-11H2,1-3H3,(H,18,22). The molecule has 6 heteroatoms. The summed E-state index contributed by atoms with van der Waals surface area (Å²) in [4.78, 5) is 23.8. The van der Waals surface area contributed by atoms with Crippen molar-refractivity contribution in [2.24, 2.45) is 0 Å². The van der Waals surface area contributed by atoms with Gasteiger partial charge in [-0.1, -0.05) is 12.1 Å². The molecule has 1 N–H and O–H groups in total. The summed E-state index contributed by atoms with van der Waals surface area (Å²) in [5.41, 5.74) is 1.13. The summed E-state index contributed by atoms with van der Waals surface area (Å²) in [6.07, 6.45) is 0.708. The molecule has 0 fully saturated rings. The van der Waals surface area contributed by atoms with Crippen molar-refractivity contribution in [1.82, 2.24) is 15.1 Å². The lowest BCUT2D eigenvalue weighted by Gasteiger charge is -2.10.